The summed E-state index contributed by atoms with van der Waals surface area (Å²) in [7, 11) is 0. The van der Waals surface area contributed by atoms with Crippen LogP contribution in [0.25, 0.3) is 11.3 Å². The van der Waals surface area contributed by atoms with Crippen LogP contribution in [0.1, 0.15) is 46.8 Å². The average Bonchev–Trinajstić information content (AvgIpc) is 2.86. The van der Waals surface area contributed by atoms with E-state index in [4.69, 9.17) is 9.84 Å². The summed E-state index contributed by atoms with van der Waals surface area (Å²) in [6.45, 7) is 4.47. The van der Waals surface area contributed by atoms with Crippen molar-refractivity contribution in [3.8, 4) is 17.0 Å². The van der Waals surface area contributed by atoms with Crippen LogP contribution in [-0.4, -0.2) is 35.1 Å². The second kappa shape index (κ2) is 12.4. The number of pyridine rings is 1. The molecule has 2 N–H and O–H groups in total. The van der Waals surface area contributed by atoms with Gasteiger partial charge in [-0.05, 0) is 67.1 Å². The highest BCUT2D eigenvalue weighted by molar-refractivity contribution is 5.94. The van der Waals surface area contributed by atoms with E-state index < -0.39 is 17.7 Å². The minimum atomic E-state index is -4.38. The molecule has 2 aromatic carbocycles. The molecule has 6 nitrogen and oxygen atoms in total. The van der Waals surface area contributed by atoms with E-state index >= 15 is 0 Å². The van der Waals surface area contributed by atoms with Crippen molar-refractivity contribution in [1.29, 1.82) is 0 Å². The highest BCUT2D eigenvalue weighted by atomic mass is 19.4. The van der Waals surface area contributed by atoms with Crippen LogP contribution in [0.15, 0.2) is 60.8 Å². The molecule has 37 heavy (non-hydrogen) atoms. The van der Waals surface area contributed by atoms with Gasteiger partial charge in [0.1, 0.15) is 5.75 Å². The van der Waals surface area contributed by atoms with Gasteiger partial charge in [0.05, 0.1) is 30.5 Å². The standard InChI is InChI=1S/C28H29F3N2O4/c1-18(3-4-20-5-7-22(8-6-20)27(36)32-14-13-25(34)35)17-37-24-15-19(2)26(33-16-24)21-9-11-23(12-10-21)28(29,30)31/h5-12,15-16,18H,3-4,13-14,17H2,1-2H3,(H,32,36)(H,34,35). The third-order valence-electron chi connectivity index (χ3n) is 5.84. The van der Waals surface area contributed by atoms with E-state index in [-0.39, 0.29) is 24.8 Å². The molecule has 0 bridgehead atoms. The lowest BCUT2D eigenvalue weighted by atomic mass is 10.0. The van der Waals surface area contributed by atoms with E-state index in [2.05, 4.69) is 17.2 Å². The van der Waals surface area contributed by atoms with Gasteiger partial charge in [0, 0.05) is 17.7 Å². The number of carbonyl (C=O) groups is 2. The average molecular weight is 515 g/mol. The highest BCUT2D eigenvalue weighted by Crippen LogP contribution is 2.31. The van der Waals surface area contributed by atoms with Crippen molar-refractivity contribution in [2.24, 2.45) is 5.92 Å². The first-order valence-electron chi connectivity index (χ1n) is 11.9. The maximum Gasteiger partial charge on any atom is 0.416 e. The lowest BCUT2D eigenvalue weighted by Crippen LogP contribution is -2.25. The van der Waals surface area contributed by atoms with Crippen molar-refractivity contribution in [3.63, 3.8) is 0 Å². The highest BCUT2D eigenvalue weighted by Gasteiger charge is 2.30. The molecule has 1 amide bonds. The van der Waals surface area contributed by atoms with Crippen molar-refractivity contribution in [1.82, 2.24) is 10.3 Å². The van der Waals surface area contributed by atoms with E-state index in [1.807, 2.05) is 25.1 Å². The number of aliphatic carboxylic acids is 1. The number of halogens is 3. The first-order chi connectivity index (χ1) is 17.5. The number of hydrogen-bond acceptors (Lipinski definition) is 4. The number of nitrogens with one attached hydrogen (secondary N) is 1. The summed E-state index contributed by atoms with van der Waals surface area (Å²) in [5, 5.41) is 11.2. The van der Waals surface area contributed by atoms with Crippen LogP contribution in [0, 0.1) is 12.8 Å². The maximum atomic E-state index is 12.8. The minimum absolute atomic E-state index is 0.0836. The summed E-state index contributed by atoms with van der Waals surface area (Å²) in [6, 6.07) is 14.0. The number of hydrogen-bond donors (Lipinski definition) is 2. The van der Waals surface area contributed by atoms with Gasteiger partial charge in [-0.3, -0.25) is 14.6 Å². The maximum absolute atomic E-state index is 12.8. The van der Waals surface area contributed by atoms with Crippen LogP contribution in [0.3, 0.4) is 0 Å². The van der Waals surface area contributed by atoms with Gasteiger partial charge in [-0.1, -0.05) is 31.2 Å². The SMILES string of the molecule is Cc1cc(OCC(C)CCc2ccc(C(=O)NCCC(=O)O)cc2)cnc1-c1ccc(C(F)(F)F)cc1. The van der Waals surface area contributed by atoms with Gasteiger partial charge < -0.3 is 15.2 Å². The molecule has 1 atom stereocenters. The second-order valence-corrected chi connectivity index (χ2v) is 8.96. The number of aryl methyl sites for hydroxylation is 2. The first kappa shape index (κ1) is 27.7. The molecule has 3 aromatic rings. The van der Waals surface area contributed by atoms with Gasteiger partial charge in [-0.15, -0.1) is 0 Å². The van der Waals surface area contributed by atoms with Crippen LogP contribution in [-0.2, 0) is 17.4 Å². The second-order valence-electron chi connectivity index (χ2n) is 8.96. The Balaban J connectivity index is 1.47. The van der Waals surface area contributed by atoms with Crippen LogP contribution in [0.4, 0.5) is 13.2 Å². The molecule has 0 saturated carbocycles. The zero-order chi connectivity index (χ0) is 27.0. The summed E-state index contributed by atoms with van der Waals surface area (Å²) >= 11 is 0. The monoisotopic (exact) mass is 514 g/mol. The third-order valence-corrected chi connectivity index (χ3v) is 5.84. The number of carboxylic acid groups (broad SMARTS) is 1. The number of ether oxygens (including phenoxy) is 1. The number of aromatic nitrogens is 1. The van der Waals surface area contributed by atoms with E-state index in [1.54, 1.807) is 18.3 Å². The number of amides is 1. The van der Waals surface area contributed by atoms with Crippen molar-refractivity contribution in [2.75, 3.05) is 13.2 Å². The van der Waals surface area contributed by atoms with E-state index in [0.717, 1.165) is 36.1 Å². The van der Waals surface area contributed by atoms with Crippen molar-refractivity contribution in [2.45, 2.75) is 39.3 Å². The Bertz CT molecular complexity index is 1210. The van der Waals surface area contributed by atoms with Gasteiger partial charge in [-0.2, -0.15) is 13.2 Å². The van der Waals surface area contributed by atoms with Gasteiger partial charge in [0.2, 0.25) is 0 Å². The van der Waals surface area contributed by atoms with Crippen LogP contribution < -0.4 is 10.1 Å². The lowest BCUT2D eigenvalue weighted by molar-refractivity contribution is -0.138. The van der Waals surface area contributed by atoms with Crippen LogP contribution in [0.5, 0.6) is 5.75 Å². The Labute approximate surface area is 213 Å². The molecule has 0 aliphatic rings. The molecule has 0 saturated heterocycles. The first-order valence-corrected chi connectivity index (χ1v) is 11.9. The molecule has 0 radical (unpaired) electrons. The summed E-state index contributed by atoms with van der Waals surface area (Å²) < 4.78 is 44.3. The van der Waals surface area contributed by atoms with E-state index in [0.29, 0.717) is 29.2 Å². The Hall–Kier alpha value is -3.88. The molecule has 1 aromatic heterocycles. The summed E-state index contributed by atoms with van der Waals surface area (Å²) in [4.78, 5) is 27.0. The normalized spacial score (nSPS) is 12.1. The Kier molecular flexibility index (Phi) is 9.27. The minimum Gasteiger partial charge on any atom is -0.492 e. The number of nitrogens with zero attached hydrogens (tertiary/aromatic N) is 1. The zero-order valence-corrected chi connectivity index (χ0v) is 20.6. The van der Waals surface area contributed by atoms with Crippen molar-refractivity contribution < 1.29 is 32.6 Å². The molecule has 196 valence electrons. The van der Waals surface area contributed by atoms with Crippen LogP contribution >= 0.6 is 0 Å². The van der Waals surface area contributed by atoms with Gasteiger partial charge in [0.25, 0.3) is 5.91 Å². The van der Waals surface area contributed by atoms with Gasteiger partial charge in [-0.25, -0.2) is 0 Å². The van der Waals surface area contributed by atoms with E-state index in [1.165, 1.54) is 12.1 Å². The molecule has 0 spiro atoms. The molecule has 0 aliphatic carbocycles. The topological polar surface area (TPSA) is 88.5 Å². The lowest BCUT2D eigenvalue weighted by Gasteiger charge is -2.15. The van der Waals surface area contributed by atoms with Crippen molar-refractivity contribution in [3.05, 3.63) is 83.0 Å². The molecule has 1 unspecified atom stereocenters. The number of carbonyl (C=O) groups excluding carboxylic acids is 1. The van der Waals surface area contributed by atoms with Crippen LogP contribution in [0.2, 0.25) is 0 Å². The third kappa shape index (κ3) is 8.34. The largest absolute Gasteiger partial charge is 0.492 e. The number of carboxylic acids is 1. The smallest absolute Gasteiger partial charge is 0.416 e. The fraction of sp³-hybridized carbons (Fsp3) is 0.321. The molecule has 9 heteroatoms. The molecule has 1 heterocycles. The van der Waals surface area contributed by atoms with Gasteiger partial charge in [0.15, 0.2) is 0 Å². The summed E-state index contributed by atoms with van der Waals surface area (Å²) in [6.07, 6.45) is -1.26. The number of alkyl halides is 3. The summed E-state index contributed by atoms with van der Waals surface area (Å²) in [5.41, 5.74) is 2.87. The fourth-order valence-electron chi connectivity index (χ4n) is 3.69. The van der Waals surface area contributed by atoms with Gasteiger partial charge >= 0.3 is 12.1 Å². The Morgan fingerprint density at radius 3 is 2.35 bits per heavy atom. The fourth-order valence-corrected chi connectivity index (χ4v) is 3.69. The molecular formula is C28H29F3N2O4. The quantitative estimate of drug-likeness (QED) is 0.331. The molecule has 3 rings (SSSR count). The molecular weight excluding hydrogens is 485 g/mol. The molecule has 0 aliphatic heterocycles. The van der Waals surface area contributed by atoms with E-state index in [9.17, 15) is 22.8 Å². The van der Waals surface area contributed by atoms with Crippen molar-refractivity contribution >= 4 is 11.9 Å². The number of rotatable bonds is 11. The zero-order valence-electron chi connectivity index (χ0n) is 20.6. The predicted molar refractivity (Wildman–Crippen MR) is 133 cm³/mol. The Morgan fingerprint density at radius 1 is 1.08 bits per heavy atom. The molecule has 0 fully saturated rings. The predicted octanol–water partition coefficient (Wildman–Crippen LogP) is 5.93. The summed E-state index contributed by atoms with van der Waals surface area (Å²) in [5.74, 6) is -0.426. The Morgan fingerprint density at radius 2 is 1.76 bits per heavy atom. The number of benzene rings is 2.